The number of sulfonamides is 1. The Morgan fingerprint density at radius 3 is 2.59 bits per heavy atom. The van der Waals surface area contributed by atoms with Crippen LogP contribution in [0.25, 0.3) is 0 Å². The zero-order valence-electron chi connectivity index (χ0n) is 17.0. The molecule has 0 atom stereocenters. The Kier molecular flexibility index (Phi) is 8.48. The third kappa shape index (κ3) is 7.07. The number of para-hydroxylation sites is 2. The van der Waals surface area contributed by atoms with Crippen LogP contribution in [0.1, 0.15) is 30.6 Å². The van der Waals surface area contributed by atoms with Gasteiger partial charge in [-0.3, -0.25) is 9.52 Å². The van der Waals surface area contributed by atoms with Crippen molar-refractivity contribution < 1.29 is 22.7 Å². The van der Waals surface area contributed by atoms with Crippen LogP contribution < -0.4 is 14.8 Å². The van der Waals surface area contributed by atoms with Crippen molar-refractivity contribution in [3.8, 4) is 5.75 Å². The van der Waals surface area contributed by atoms with Crippen LogP contribution in [0.3, 0.4) is 0 Å². The topological polar surface area (TPSA) is 93.7 Å². The second kappa shape index (κ2) is 10.8. The number of rotatable bonds is 11. The molecule has 2 aromatic carbocycles. The molecule has 0 aromatic heterocycles. The summed E-state index contributed by atoms with van der Waals surface area (Å²) in [6, 6.07) is 12.6. The average molecular weight is 421 g/mol. The predicted octanol–water partition coefficient (Wildman–Crippen LogP) is 3.29. The lowest BCUT2D eigenvalue weighted by molar-refractivity contribution is 0.0924. The van der Waals surface area contributed by atoms with E-state index in [0.29, 0.717) is 43.5 Å². The summed E-state index contributed by atoms with van der Waals surface area (Å²) in [6.45, 7) is 5.85. The lowest BCUT2D eigenvalue weighted by atomic mass is 10.2. The monoisotopic (exact) mass is 420 g/mol. The molecule has 0 bridgehead atoms. The van der Waals surface area contributed by atoms with E-state index in [1.54, 1.807) is 30.3 Å². The van der Waals surface area contributed by atoms with Gasteiger partial charge in [-0.05, 0) is 42.7 Å². The van der Waals surface area contributed by atoms with E-state index >= 15 is 0 Å². The minimum atomic E-state index is -3.87. The van der Waals surface area contributed by atoms with Crippen LogP contribution in [0.2, 0.25) is 0 Å². The highest BCUT2D eigenvalue weighted by Gasteiger charge is 2.18. The maximum atomic E-state index is 12.7. The van der Waals surface area contributed by atoms with E-state index in [0.717, 1.165) is 0 Å². The first kappa shape index (κ1) is 22.7. The number of methoxy groups -OCH3 is 1. The summed E-state index contributed by atoms with van der Waals surface area (Å²) in [4.78, 5) is 12.3. The third-order valence-corrected chi connectivity index (χ3v) is 5.32. The van der Waals surface area contributed by atoms with Gasteiger partial charge in [-0.15, -0.1) is 0 Å². The Morgan fingerprint density at radius 1 is 1.10 bits per heavy atom. The molecule has 0 fully saturated rings. The molecule has 0 aliphatic heterocycles. The fraction of sp³-hybridized carbons (Fsp3) is 0.381. The molecule has 2 N–H and O–H groups in total. The van der Waals surface area contributed by atoms with Crippen LogP contribution in [0, 0.1) is 5.92 Å². The van der Waals surface area contributed by atoms with Gasteiger partial charge in [0.25, 0.3) is 15.9 Å². The number of amides is 1. The van der Waals surface area contributed by atoms with E-state index in [1.165, 1.54) is 25.3 Å². The van der Waals surface area contributed by atoms with Crippen LogP contribution in [-0.4, -0.2) is 41.2 Å². The van der Waals surface area contributed by atoms with E-state index in [2.05, 4.69) is 23.9 Å². The van der Waals surface area contributed by atoms with Gasteiger partial charge in [-0.2, -0.15) is 0 Å². The molecule has 0 aliphatic carbocycles. The highest BCUT2D eigenvalue weighted by atomic mass is 32.2. The van der Waals surface area contributed by atoms with Crippen LogP contribution in [0.5, 0.6) is 5.75 Å². The number of hydrogen-bond acceptors (Lipinski definition) is 5. The van der Waals surface area contributed by atoms with Crippen molar-refractivity contribution >= 4 is 21.6 Å². The molecular formula is C21H28N2O5S. The summed E-state index contributed by atoms with van der Waals surface area (Å²) in [7, 11) is -2.41. The van der Waals surface area contributed by atoms with Crippen molar-refractivity contribution in [2.75, 3.05) is 31.6 Å². The van der Waals surface area contributed by atoms with E-state index in [-0.39, 0.29) is 16.4 Å². The molecule has 2 rings (SSSR count). The fourth-order valence-electron chi connectivity index (χ4n) is 2.53. The van der Waals surface area contributed by atoms with Crippen molar-refractivity contribution in [3.63, 3.8) is 0 Å². The normalized spacial score (nSPS) is 11.3. The molecule has 0 aliphatic rings. The molecule has 0 saturated heterocycles. The van der Waals surface area contributed by atoms with Crippen molar-refractivity contribution in [3.05, 3.63) is 54.1 Å². The largest absolute Gasteiger partial charge is 0.495 e. The lowest BCUT2D eigenvalue weighted by Gasteiger charge is -2.12. The minimum Gasteiger partial charge on any atom is -0.495 e. The van der Waals surface area contributed by atoms with Gasteiger partial charge in [0.2, 0.25) is 0 Å². The van der Waals surface area contributed by atoms with Crippen molar-refractivity contribution in [1.82, 2.24) is 5.32 Å². The summed E-state index contributed by atoms with van der Waals surface area (Å²) < 4.78 is 38.6. The van der Waals surface area contributed by atoms with E-state index in [4.69, 9.17) is 9.47 Å². The number of nitrogens with one attached hydrogen (secondary N) is 2. The van der Waals surface area contributed by atoms with Gasteiger partial charge in [0.15, 0.2) is 0 Å². The number of carbonyl (C=O) groups is 1. The molecule has 1 amide bonds. The summed E-state index contributed by atoms with van der Waals surface area (Å²) in [5.74, 6) is 0.548. The molecule has 0 heterocycles. The van der Waals surface area contributed by atoms with Crippen molar-refractivity contribution in [2.45, 2.75) is 25.2 Å². The summed E-state index contributed by atoms with van der Waals surface area (Å²) in [6.07, 6.45) is 0.686. The molecule has 158 valence electrons. The first-order chi connectivity index (χ1) is 13.8. The van der Waals surface area contributed by atoms with Gasteiger partial charge < -0.3 is 14.8 Å². The molecule has 2 aromatic rings. The summed E-state index contributed by atoms with van der Waals surface area (Å²) in [5, 5.41) is 2.78. The maximum Gasteiger partial charge on any atom is 0.262 e. The molecule has 29 heavy (non-hydrogen) atoms. The maximum absolute atomic E-state index is 12.7. The smallest absolute Gasteiger partial charge is 0.262 e. The van der Waals surface area contributed by atoms with E-state index in [9.17, 15) is 13.2 Å². The Labute approximate surface area is 172 Å². The molecule has 0 unspecified atom stereocenters. The molecule has 7 nitrogen and oxygen atoms in total. The second-order valence-electron chi connectivity index (χ2n) is 6.91. The van der Waals surface area contributed by atoms with Crippen LogP contribution in [0.15, 0.2) is 53.4 Å². The van der Waals surface area contributed by atoms with Gasteiger partial charge in [0.1, 0.15) is 5.75 Å². The molecule has 0 saturated carbocycles. The van der Waals surface area contributed by atoms with E-state index < -0.39 is 10.0 Å². The highest BCUT2D eigenvalue weighted by Crippen LogP contribution is 2.26. The SMILES string of the molecule is COc1ccccc1NS(=O)(=O)c1cccc(C(=O)NCCCOCC(C)C)c1. The van der Waals surface area contributed by atoms with Crippen LogP contribution in [-0.2, 0) is 14.8 Å². The van der Waals surface area contributed by atoms with Gasteiger partial charge in [-0.25, -0.2) is 8.42 Å². The quantitative estimate of drug-likeness (QED) is 0.544. The van der Waals surface area contributed by atoms with Gasteiger partial charge in [0.05, 0.1) is 17.7 Å². The summed E-state index contributed by atoms with van der Waals surface area (Å²) >= 11 is 0. The fourth-order valence-corrected chi connectivity index (χ4v) is 3.65. The number of anilines is 1. The van der Waals surface area contributed by atoms with Crippen molar-refractivity contribution in [2.24, 2.45) is 5.92 Å². The number of ether oxygens (including phenoxy) is 2. The Hall–Kier alpha value is -2.58. The standard InChI is InChI=1S/C21H28N2O5S/c1-16(2)15-28-13-7-12-22-21(24)17-8-6-9-18(14-17)29(25,26)23-19-10-4-5-11-20(19)27-3/h4-6,8-11,14,16,23H,7,12-13,15H2,1-3H3,(H,22,24). The molecule has 8 heteroatoms. The highest BCUT2D eigenvalue weighted by molar-refractivity contribution is 7.92. The lowest BCUT2D eigenvalue weighted by Crippen LogP contribution is -2.25. The third-order valence-electron chi connectivity index (χ3n) is 3.96. The average Bonchev–Trinajstić information content (AvgIpc) is 2.70. The van der Waals surface area contributed by atoms with Crippen molar-refractivity contribution in [1.29, 1.82) is 0 Å². The Balaban J connectivity index is 1.99. The first-order valence-electron chi connectivity index (χ1n) is 9.45. The minimum absolute atomic E-state index is 0.00340. The van der Waals surface area contributed by atoms with Crippen LogP contribution in [0.4, 0.5) is 5.69 Å². The van der Waals surface area contributed by atoms with E-state index in [1.807, 2.05) is 0 Å². The predicted molar refractivity (Wildman–Crippen MR) is 113 cm³/mol. The zero-order chi connectivity index (χ0) is 21.3. The first-order valence-corrected chi connectivity index (χ1v) is 10.9. The Morgan fingerprint density at radius 2 is 1.86 bits per heavy atom. The van der Waals surface area contributed by atoms with Gasteiger partial charge in [0, 0.05) is 25.3 Å². The summed E-state index contributed by atoms with van der Waals surface area (Å²) in [5.41, 5.74) is 0.599. The van der Waals surface area contributed by atoms with Crippen LogP contribution >= 0.6 is 0 Å². The molecule has 0 radical (unpaired) electrons. The number of benzene rings is 2. The Bertz CT molecular complexity index is 913. The zero-order valence-corrected chi connectivity index (χ0v) is 17.8. The number of hydrogen-bond donors (Lipinski definition) is 2. The second-order valence-corrected chi connectivity index (χ2v) is 8.59. The van der Waals surface area contributed by atoms with Gasteiger partial charge >= 0.3 is 0 Å². The number of carbonyl (C=O) groups excluding carboxylic acids is 1. The molecular weight excluding hydrogens is 392 g/mol. The van der Waals surface area contributed by atoms with Gasteiger partial charge in [-0.1, -0.05) is 32.0 Å². The molecule has 0 spiro atoms.